The summed E-state index contributed by atoms with van der Waals surface area (Å²) in [6, 6.07) is 17.3. The summed E-state index contributed by atoms with van der Waals surface area (Å²) in [5, 5.41) is 6.14. The quantitative estimate of drug-likeness (QED) is 0.709. The first kappa shape index (κ1) is 17.9. The van der Waals surface area contributed by atoms with Crippen molar-refractivity contribution < 1.29 is 14.3 Å². The maximum atomic E-state index is 12.3. The zero-order valence-corrected chi connectivity index (χ0v) is 15.6. The molecule has 1 amide bonds. The minimum absolute atomic E-state index is 0.202. The predicted octanol–water partition coefficient (Wildman–Crippen LogP) is 3.83. The van der Waals surface area contributed by atoms with E-state index in [1.54, 1.807) is 12.3 Å². The topological polar surface area (TPSA) is 72.5 Å². The van der Waals surface area contributed by atoms with Gasteiger partial charge in [0.25, 0.3) is 5.91 Å². The summed E-state index contributed by atoms with van der Waals surface area (Å²) in [5.74, 6) is 1.26. The van der Waals surface area contributed by atoms with Crippen LogP contribution in [0.5, 0.6) is 11.5 Å². The summed E-state index contributed by atoms with van der Waals surface area (Å²) in [5.41, 5.74) is 4.27. The number of rotatable bonds is 5. The van der Waals surface area contributed by atoms with Crippen LogP contribution in [0.3, 0.4) is 0 Å². The normalized spacial score (nSPS) is 12.3. The van der Waals surface area contributed by atoms with Crippen molar-refractivity contribution in [3.63, 3.8) is 0 Å². The highest BCUT2D eigenvalue weighted by atomic mass is 16.6. The number of nitrogens with zero attached hydrogens (tertiary/aromatic N) is 1. The molecule has 4 rings (SSSR count). The first-order chi connectivity index (χ1) is 13.7. The van der Waals surface area contributed by atoms with E-state index in [9.17, 15) is 4.79 Å². The van der Waals surface area contributed by atoms with Crippen molar-refractivity contribution in [2.24, 2.45) is 0 Å². The summed E-state index contributed by atoms with van der Waals surface area (Å²) in [7, 11) is 0. The number of hydrogen-bond acceptors (Lipinski definition) is 5. The number of ether oxygens (including phenoxy) is 2. The van der Waals surface area contributed by atoms with Gasteiger partial charge in [-0.2, -0.15) is 0 Å². The molecule has 0 spiro atoms. The van der Waals surface area contributed by atoms with Gasteiger partial charge in [-0.3, -0.25) is 4.79 Å². The molecule has 2 aromatic carbocycles. The Morgan fingerprint density at radius 1 is 0.964 bits per heavy atom. The fraction of sp³-hybridized carbons (Fsp3) is 0.182. The van der Waals surface area contributed by atoms with E-state index >= 15 is 0 Å². The number of benzene rings is 2. The number of amides is 1. The highest BCUT2D eigenvalue weighted by Crippen LogP contribution is 2.33. The van der Waals surface area contributed by atoms with Gasteiger partial charge in [-0.05, 0) is 36.8 Å². The summed E-state index contributed by atoms with van der Waals surface area (Å²) in [4.78, 5) is 16.5. The molecule has 0 saturated carbocycles. The molecule has 0 atom stereocenters. The molecule has 28 heavy (non-hydrogen) atoms. The zero-order valence-electron chi connectivity index (χ0n) is 15.6. The Kier molecular flexibility index (Phi) is 5.10. The lowest BCUT2D eigenvalue weighted by atomic mass is 10.1. The average Bonchev–Trinajstić information content (AvgIpc) is 2.73. The van der Waals surface area contributed by atoms with Crippen molar-refractivity contribution in [1.82, 2.24) is 10.3 Å². The second-order valence-electron chi connectivity index (χ2n) is 6.58. The highest BCUT2D eigenvalue weighted by Gasteiger charge is 2.12. The van der Waals surface area contributed by atoms with E-state index in [1.165, 1.54) is 5.56 Å². The van der Waals surface area contributed by atoms with Crippen LogP contribution in [0.1, 0.15) is 21.6 Å². The van der Waals surface area contributed by atoms with Crippen molar-refractivity contribution in [2.75, 3.05) is 18.5 Å². The third-order valence-corrected chi connectivity index (χ3v) is 4.40. The Labute approximate surface area is 163 Å². The number of hydrogen-bond donors (Lipinski definition) is 2. The molecule has 1 aliphatic rings. The van der Waals surface area contributed by atoms with Crippen molar-refractivity contribution in [1.29, 1.82) is 0 Å². The van der Waals surface area contributed by atoms with Crippen LogP contribution >= 0.6 is 0 Å². The van der Waals surface area contributed by atoms with Gasteiger partial charge in [-0.25, -0.2) is 4.98 Å². The van der Waals surface area contributed by atoms with Gasteiger partial charge in [0.15, 0.2) is 11.5 Å². The van der Waals surface area contributed by atoms with Gasteiger partial charge in [-0.15, -0.1) is 0 Å². The fourth-order valence-electron chi connectivity index (χ4n) is 2.87. The third kappa shape index (κ3) is 4.23. The van der Waals surface area contributed by atoms with Crippen molar-refractivity contribution in [2.45, 2.75) is 13.5 Å². The molecule has 0 unspecified atom stereocenters. The Hall–Kier alpha value is -3.54. The largest absolute Gasteiger partial charge is 0.486 e. The Morgan fingerprint density at radius 3 is 2.46 bits per heavy atom. The van der Waals surface area contributed by atoms with Crippen LogP contribution < -0.4 is 20.1 Å². The fourth-order valence-corrected chi connectivity index (χ4v) is 2.87. The van der Waals surface area contributed by atoms with Crippen molar-refractivity contribution in [3.05, 3.63) is 77.6 Å². The number of carbonyl (C=O) groups is 1. The van der Waals surface area contributed by atoms with Gasteiger partial charge >= 0.3 is 0 Å². The zero-order chi connectivity index (χ0) is 19.3. The number of aryl methyl sites for hydroxylation is 1. The smallest absolute Gasteiger partial charge is 0.270 e. The van der Waals surface area contributed by atoms with Crippen LogP contribution in [0.2, 0.25) is 0 Å². The van der Waals surface area contributed by atoms with Crippen LogP contribution in [0.25, 0.3) is 0 Å². The molecule has 0 radical (unpaired) electrons. The average molecular weight is 375 g/mol. The minimum Gasteiger partial charge on any atom is -0.486 e. The van der Waals surface area contributed by atoms with Crippen molar-refractivity contribution in [3.8, 4) is 11.5 Å². The van der Waals surface area contributed by atoms with E-state index in [0.717, 1.165) is 28.4 Å². The molecule has 1 aromatic heterocycles. The van der Waals surface area contributed by atoms with Gasteiger partial charge in [0.1, 0.15) is 18.9 Å². The minimum atomic E-state index is -0.202. The number of anilines is 2. The number of nitrogens with one attached hydrogen (secondary N) is 2. The van der Waals surface area contributed by atoms with Gasteiger partial charge in [0.05, 0.1) is 11.9 Å². The maximum Gasteiger partial charge on any atom is 0.270 e. The van der Waals surface area contributed by atoms with E-state index in [2.05, 4.69) is 15.6 Å². The Morgan fingerprint density at radius 2 is 1.71 bits per heavy atom. The van der Waals surface area contributed by atoms with E-state index in [-0.39, 0.29) is 5.91 Å². The second-order valence-corrected chi connectivity index (χ2v) is 6.58. The molecule has 0 saturated heterocycles. The third-order valence-electron chi connectivity index (χ3n) is 4.40. The first-order valence-corrected chi connectivity index (χ1v) is 9.14. The van der Waals surface area contributed by atoms with Gasteiger partial charge in [0, 0.05) is 18.3 Å². The van der Waals surface area contributed by atoms with Crippen molar-refractivity contribution >= 4 is 17.3 Å². The summed E-state index contributed by atoms with van der Waals surface area (Å²) < 4.78 is 11.1. The van der Waals surface area contributed by atoms with E-state index in [1.807, 2.05) is 55.5 Å². The molecule has 1 aliphatic heterocycles. The Bertz CT molecular complexity index is 969. The van der Waals surface area contributed by atoms with E-state index < -0.39 is 0 Å². The van der Waals surface area contributed by atoms with Crippen LogP contribution in [0, 0.1) is 6.92 Å². The summed E-state index contributed by atoms with van der Waals surface area (Å²) >= 11 is 0. The molecular weight excluding hydrogens is 354 g/mol. The summed E-state index contributed by atoms with van der Waals surface area (Å²) in [6.45, 7) is 3.62. The van der Waals surface area contributed by atoms with E-state index in [4.69, 9.17) is 9.47 Å². The number of aromatic nitrogens is 1. The lowest BCUT2D eigenvalue weighted by Crippen LogP contribution is -2.23. The van der Waals surface area contributed by atoms with Crippen LogP contribution in [0.15, 0.2) is 60.8 Å². The van der Waals surface area contributed by atoms with E-state index in [0.29, 0.717) is 25.5 Å². The van der Waals surface area contributed by atoms with Gasteiger partial charge < -0.3 is 20.1 Å². The van der Waals surface area contributed by atoms with Crippen LogP contribution in [0.4, 0.5) is 11.4 Å². The Balaban J connectivity index is 1.36. The molecule has 2 N–H and O–H groups in total. The number of fused-ring (bicyclic) bond motifs is 1. The molecule has 0 aliphatic carbocycles. The standard InChI is InChI=1S/C22H21N3O3/c1-15-2-4-16(5-3-15)13-24-22(26)19-8-6-18(14-23-19)25-17-7-9-20-21(12-17)28-11-10-27-20/h2-9,12,14,25H,10-11,13H2,1H3,(H,24,26). The lowest BCUT2D eigenvalue weighted by Gasteiger charge is -2.19. The highest BCUT2D eigenvalue weighted by molar-refractivity contribution is 5.92. The van der Waals surface area contributed by atoms with Gasteiger partial charge in [0.2, 0.25) is 0 Å². The number of carbonyl (C=O) groups excluding carboxylic acids is 1. The second kappa shape index (κ2) is 8.00. The molecule has 3 aromatic rings. The molecular formula is C22H21N3O3. The SMILES string of the molecule is Cc1ccc(CNC(=O)c2ccc(Nc3ccc4c(c3)OCCO4)cn2)cc1. The number of pyridine rings is 1. The molecule has 142 valence electrons. The molecule has 0 fully saturated rings. The summed E-state index contributed by atoms with van der Waals surface area (Å²) in [6.07, 6.45) is 1.64. The van der Waals surface area contributed by atoms with Gasteiger partial charge in [-0.1, -0.05) is 29.8 Å². The van der Waals surface area contributed by atoms with Crippen LogP contribution in [-0.4, -0.2) is 24.1 Å². The maximum absolute atomic E-state index is 12.3. The molecule has 2 heterocycles. The molecule has 0 bridgehead atoms. The molecule has 6 nitrogen and oxygen atoms in total. The monoisotopic (exact) mass is 375 g/mol. The lowest BCUT2D eigenvalue weighted by molar-refractivity contribution is 0.0946. The molecule has 6 heteroatoms. The predicted molar refractivity (Wildman–Crippen MR) is 107 cm³/mol. The first-order valence-electron chi connectivity index (χ1n) is 9.14. The van der Waals surface area contributed by atoms with Crippen LogP contribution in [-0.2, 0) is 6.54 Å².